The fourth-order valence-corrected chi connectivity index (χ4v) is 1.70. The molecule has 0 bridgehead atoms. The van der Waals surface area contributed by atoms with Crippen LogP contribution in [0.5, 0.6) is 0 Å². The van der Waals surface area contributed by atoms with Gasteiger partial charge < -0.3 is 10.3 Å². The average molecular weight is 185 g/mol. The third kappa shape index (κ3) is 2.17. The number of anilines is 1. The molecule has 0 fully saturated rings. The van der Waals surface area contributed by atoms with E-state index in [0.29, 0.717) is 12.0 Å². The maximum atomic E-state index is 5.66. The van der Waals surface area contributed by atoms with Gasteiger partial charge in [0, 0.05) is 18.4 Å². The van der Waals surface area contributed by atoms with E-state index in [9.17, 15) is 0 Å². The summed E-state index contributed by atoms with van der Waals surface area (Å²) in [5, 5.41) is 0. The second-order valence-electron chi connectivity index (χ2n) is 2.82. The van der Waals surface area contributed by atoms with Crippen molar-refractivity contribution in [1.82, 2.24) is 9.55 Å². The molecule has 1 rings (SSSR count). The molecule has 1 atom stereocenters. The van der Waals surface area contributed by atoms with Gasteiger partial charge in [0.2, 0.25) is 0 Å². The summed E-state index contributed by atoms with van der Waals surface area (Å²) in [6.45, 7) is 2.16. The molecule has 0 saturated carbocycles. The molecule has 12 heavy (non-hydrogen) atoms. The van der Waals surface area contributed by atoms with Crippen LogP contribution >= 0.6 is 11.8 Å². The van der Waals surface area contributed by atoms with Crippen molar-refractivity contribution in [1.29, 1.82) is 0 Å². The number of imidazole rings is 1. The van der Waals surface area contributed by atoms with E-state index in [-0.39, 0.29) is 0 Å². The molecule has 0 radical (unpaired) electrons. The molecule has 0 aromatic carbocycles. The fourth-order valence-electron chi connectivity index (χ4n) is 1.12. The summed E-state index contributed by atoms with van der Waals surface area (Å²) in [7, 11) is 0. The zero-order chi connectivity index (χ0) is 8.97. The Labute approximate surface area is 77.4 Å². The highest BCUT2D eigenvalue weighted by Gasteiger charge is 2.05. The first-order chi connectivity index (χ1) is 5.75. The Balaban J connectivity index is 2.52. The molecule has 0 amide bonds. The highest BCUT2D eigenvalue weighted by Crippen LogP contribution is 2.15. The number of hydrogen-bond donors (Lipinski definition) is 1. The van der Waals surface area contributed by atoms with Gasteiger partial charge in [-0.1, -0.05) is 0 Å². The van der Waals surface area contributed by atoms with Crippen LogP contribution in [0.4, 0.5) is 5.95 Å². The first-order valence-electron chi connectivity index (χ1n) is 4.03. The summed E-state index contributed by atoms with van der Waals surface area (Å²) < 4.78 is 2.01. The van der Waals surface area contributed by atoms with Crippen LogP contribution in [0.1, 0.15) is 19.4 Å². The molecule has 1 aromatic heterocycles. The Kier molecular flexibility index (Phi) is 3.47. The van der Waals surface area contributed by atoms with Crippen molar-refractivity contribution in [2.24, 2.45) is 0 Å². The molecule has 68 valence electrons. The minimum Gasteiger partial charge on any atom is -0.369 e. The Hall–Kier alpha value is -0.640. The summed E-state index contributed by atoms with van der Waals surface area (Å²) >= 11 is 1.86. The molecule has 0 aliphatic heterocycles. The van der Waals surface area contributed by atoms with Crippen molar-refractivity contribution in [3.8, 4) is 0 Å². The van der Waals surface area contributed by atoms with Crippen molar-refractivity contribution in [2.75, 3.05) is 17.7 Å². The summed E-state index contributed by atoms with van der Waals surface area (Å²) in [6.07, 6.45) is 6.93. The first kappa shape index (κ1) is 9.45. The van der Waals surface area contributed by atoms with Crippen LogP contribution in [-0.2, 0) is 0 Å². The Morgan fingerprint density at radius 1 is 1.75 bits per heavy atom. The van der Waals surface area contributed by atoms with Crippen molar-refractivity contribution in [3.05, 3.63) is 12.4 Å². The number of hydrogen-bond acceptors (Lipinski definition) is 3. The second-order valence-corrected chi connectivity index (χ2v) is 3.81. The van der Waals surface area contributed by atoms with Crippen LogP contribution in [-0.4, -0.2) is 21.6 Å². The van der Waals surface area contributed by atoms with Gasteiger partial charge in [0.15, 0.2) is 5.95 Å². The third-order valence-electron chi connectivity index (χ3n) is 1.91. The maximum Gasteiger partial charge on any atom is 0.200 e. The van der Waals surface area contributed by atoms with Crippen LogP contribution < -0.4 is 5.73 Å². The Morgan fingerprint density at radius 3 is 3.00 bits per heavy atom. The number of nitrogen functional groups attached to an aromatic ring is 1. The number of nitrogens with zero attached hydrogens (tertiary/aromatic N) is 2. The standard InChI is InChI=1S/C8H15N3S/c1-7(3-6-12-2)11-5-4-10-8(11)9/h4-5,7H,3,6H2,1-2H3,(H2,9,10). The highest BCUT2D eigenvalue weighted by molar-refractivity contribution is 7.98. The van der Waals surface area contributed by atoms with Crippen LogP contribution in [0.25, 0.3) is 0 Å². The van der Waals surface area contributed by atoms with E-state index in [4.69, 9.17) is 5.73 Å². The molecular formula is C8H15N3S. The van der Waals surface area contributed by atoms with Gasteiger partial charge in [-0.3, -0.25) is 0 Å². The van der Waals surface area contributed by atoms with Gasteiger partial charge in [-0.25, -0.2) is 4.98 Å². The van der Waals surface area contributed by atoms with Gasteiger partial charge in [0.25, 0.3) is 0 Å². The van der Waals surface area contributed by atoms with E-state index in [2.05, 4.69) is 18.2 Å². The van der Waals surface area contributed by atoms with E-state index in [0.717, 1.165) is 6.42 Å². The van der Waals surface area contributed by atoms with Crippen LogP contribution in [0.3, 0.4) is 0 Å². The number of rotatable bonds is 4. The zero-order valence-corrected chi connectivity index (χ0v) is 8.34. The highest BCUT2D eigenvalue weighted by atomic mass is 32.2. The Morgan fingerprint density at radius 2 is 2.50 bits per heavy atom. The van der Waals surface area contributed by atoms with Gasteiger partial charge in [-0.15, -0.1) is 0 Å². The smallest absolute Gasteiger partial charge is 0.200 e. The fraction of sp³-hybridized carbons (Fsp3) is 0.625. The molecule has 0 aliphatic rings. The van der Waals surface area contributed by atoms with E-state index in [1.165, 1.54) is 5.75 Å². The third-order valence-corrected chi connectivity index (χ3v) is 2.56. The van der Waals surface area contributed by atoms with Gasteiger partial charge in [0.05, 0.1) is 0 Å². The van der Waals surface area contributed by atoms with Gasteiger partial charge in [0.1, 0.15) is 0 Å². The van der Waals surface area contributed by atoms with Crippen molar-refractivity contribution >= 4 is 17.7 Å². The predicted molar refractivity (Wildman–Crippen MR) is 54.3 cm³/mol. The van der Waals surface area contributed by atoms with E-state index < -0.39 is 0 Å². The van der Waals surface area contributed by atoms with Crippen molar-refractivity contribution in [2.45, 2.75) is 19.4 Å². The van der Waals surface area contributed by atoms with E-state index >= 15 is 0 Å². The summed E-state index contributed by atoms with van der Waals surface area (Å²) in [6, 6.07) is 0.458. The first-order valence-corrected chi connectivity index (χ1v) is 5.42. The molecule has 0 spiro atoms. The van der Waals surface area contributed by atoms with Gasteiger partial charge in [-0.2, -0.15) is 11.8 Å². The number of thioether (sulfide) groups is 1. The Bertz CT molecular complexity index is 234. The quantitative estimate of drug-likeness (QED) is 0.777. The van der Waals surface area contributed by atoms with Gasteiger partial charge >= 0.3 is 0 Å². The average Bonchev–Trinajstić information content (AvgIpc) is 2.47. The lowest BCUT2D eigenvalue weighted by Crippen LogP contribution is -2.08. The second kappa shape index (κ2) is 4.40. The van der Waals surface area contributed by atoms with E-state index in [1.807, 2.05) is 22.5 Å². The number of aromatic nitrogens is 2. The lowest BCUT2D eigenvalue weighted by atomic mass is 10.2. The maximum absolute atomic E-state index is 5.66. The molecule has 1 heterocycles. The lowest BCUT2D eigenvalue weighted by molar-refractivity contribution is 0.542. The van der Waals surface area contributed by atoms with Crippen LogP contribution in [0.15, 0.2) is 12.4 Å². The molecule has 2 N–H and O–H groups in total. The molecule has 0 saturated heterocycles. The van der Waals surface area contributed by atoms with Crippen molar-refractivity contribution in [3.63, 3.8) is 0 Å². The van der Waals surface area contributed by atoms with Crippen LogP contribution in [0, 0.1) is 0 Å². The lowest BCUT2D eigenvalue weighted by Gasteiger charge is -2.13. The summed E-state index contributed by atoms with van der Waals surface area (Å²) in [4.78, 5) is 3.98. The zero-order valence-electron chi connectivity index (χ0n) is 7.53. The molecule has 4 heteroatoms. The topological polar surface area (TPSA) is 43.8 Å². The normalized spacial score (nSPS) is 13.2. The molecule has 0 aliphatic carbocycles. The molecule has 3 nitrogen and oxygen atoms in total. The minimum absolute atomic E-state index is 0.458. The number of nitrogens with two attached hydrogens (primary N) is 1. The van der Waals surface area contributed by atoms with E-state index in [1.54, 1.807) is 6.20 Å². The molecule has 1 aromatic rings. The largest absolute Gasteiger partial charge is 0.369 e. The molecule has 1 unspecified atom stereocenters. The monoisotopic (exact) mass is 185 g/mol. The van der Waals surface area contributed by atoms with Gasteiger partial charge in [-0.05, 0) is 25.4 Å². The SMILES string of the molecule is CSCCC(C)n1ccnc1N. The summed E-state index contributed by atoms with van der Waals surface area (Å²) in [5.74, 6) is 1.78. The molecular weight excluding hydrogens is 170 g/mol. The van der Waals surface area contributed by atoms with Crippen molar-refractivity contribution < 1.29 is 0 Å². The van der Waals surface area contributed by atoms with Crippen LogP contribution in [0.2, 0.25) is 0 Å². The summed E-state index contributed by atoms with van der Waals surface area (Å²) in [5.41, 5.74) is 5.66. The predicted octanol–water partition coefficient (Wildman–Crippen LogP) is 1.78. The minimum atomic E-state index is 0.458.